The summed E-state index contributed by atoms with van der Waals surface area (Å²) in [5.41, 5.74) is -2.81. The Bertz CT molecular complexity index is 1280. The second-order valence-corrected chi connectivity index (χ2v) is 12.5. The number of carboxylic acids is 1. The van der Waals surface area contributed by atoms with E-state index in [1.165, 1.54) is 12.4 Å². The molecule has 1 spiro atoms. The summed E-state index contributed by atoms with van der Waals surface area (Å²) in [5, 5.41) is 13.2. The molecule has 212 valence electrons. The second kappa shape index (κ2) is 10.4. The number of carbonyl (C=O) groups excluding carboxylic acids is 2. The van der Waals surface area contributed by atoms with Crippen LogP contribution in [0, 0.1) is 16.7 Å². The molecule has 4 rings (SSSR count). The Kier molecular flexibility index (Phi) is 7.81. The maximum Gasteiger partial charge on any atom is 0.433 e. The van der Waals surface area contributed by atoms with E-state index in [4.69, 9.17) is 23.2 Å². The fraction of sp³-hybridized carbons (Fsp3) is 0.577. The van der Waals surface area contributed by atoms with E-state index in [0.29, 0.717) is 32.1 Å². The number of hydrogen-bond acceptors (Lipinski definition) is 5. The summed E-state index contributed by atoms with van der Waals surface area (Å²) in [6.07, 6.45) is 0.588. The number of ketones is 1. The molecule has 2 heterocycles. The van der Waals surface area contributed by atoms with E-state index in [1.807, 2.05) is 0 Å². The number of rotatable bonds is 7. The van der Waals surface area contributed by atoms with Crippen LogP contribution in [0.4, 0.5) is 13.2 Å². The largest absolute Gasteiger partial charge is 0.481 e. The molecule has 2 aliphatic rings. The summed E-state index contributed by atoms with van der Waals surface area (Å²) in [6, 6.07) is -0.629. The Hall–Kier alpha value is -2.66. The first-order chi connectivity index (χ1) is 18.0. The van der Waals surface area contributed by atoms with Crippen LogP contribution in [0.5, 0.6) is 0 Å². The SMILES string of the molecule is CC(C)(C)CN(CC(=O)c1c(Cl)cncc1Cl)C(=O)c1cnn(C2CCC3(CC2)CC3C(=O)O)c1C(F)(F)F. The monoisotopic (exact) mass is 588 g/mol. The average Bonchev–Trinajstić information content (AvgIpc) is 3.31. The lowest BCUT2D eigenvalue weighted by atomic mass is 9.81. The van der Waals surface area contributed by atoms with Gasteiger partial charge in [-0.15, -0.1) is 0 Å². The molecular weight excluding hydrogens is 560 g/mol. The van der Waals surface area contributed by atoms with E-state index in [0.717, 1.165) is 15.8 Å². The number of hydrogen-bond donors (Lipinski definition) is 1. The molecule has 2 aliphatic carbocycles. The third-order valence-electron chi connectivity index (χ3n) is 7.50. The van der Waals surface area contributed by atoms with E-state index in [2.05, 4.69) is 10.1 Å². The number of Topliss-reactive ketones (excluding diaryl/α,β-unsaturated/α-hetero) is 1. The highest BCUT2D eigenvalue weighted by atomic mass is 35.5. The highest BCUT2D eigenvalue weighted by Gasteiger charge is 2.59. The quantitative estimate of drug-likeness (QED) is 0.387. The number of carboxylic acid groups (broad SMARTS) is 1. The van der Waals surface area contributed by atoms with Gasteiger partial charge in [0, 0.05) is 18.9 Å². The van der Waals surface area contributed by atoms with Gasteiger partial charge in [-0.25, -0.2) is 0 Å². The number of pyridine rings is 1. The third-order valence-corrected chi connectivity index (χ3v) is 8.07. The molecule has 2 fully saturated rings. The summed E-state index contributed by atoms with van der Waals surface area (Å²) >= 11 is 12.2. The van der Waals surface area contributed by atoms with Crippen LogP contribution in [-0.2, 0) is 11.0 Å². The maximum absolute atomic E-state index is 14.4. The normalized spacial score (nSPS) is 23.1. The molecule has 0 radical (unpaired) electrons. The van der Waals surface area contributed by atoms with Crippen LogP contribution in [0.25, 0.3) is 0 Å². The molecule has 13 heteroatoms. The van der Waals surface area contributed by atoms with Crippen LogP contribution in [-0.4, -0.2) is 55.5 Å². The van der Waals surface area contributed by atoms with Crippen molar-refractivity contribution in [2.75, 3.05) is 13.1 Å². The molecule has 2 saturated carbocycles. The number of carbonyl (C=O) groups is 3. The number of aromatic nitrogens is 3. The zero-order valence-corrected chi connectivity index (χ0v) is 23.2. The van der Waals surface area contributed by atoms with E-state index >= 15 is 0 Å². The lowest BCUT2D eigenvalue weighted by Gasteiger charge is -2.31. The van der Waals surface area contributed by atoms with Gasteiger partial charge >= 0.3 is 12.1 Å². The van der Waals surface area contributed by atoms with E-state index < -0.39 is 59.0 Å². The summed E-state index contributed by atoms with van der Waals surface area (Å²) in [7, 11) is 0. The van der Waals surface area contributed by atoms with Crippen LogP contribution in [0.2, 0.25) is 10.0 Å². The van der Waals surface area contributed by atoms with Crippen molar-refractivity contribution in [1.29, 1.82) is 0 Å². The standard InChI is InChI=1S/C26H29Cl2F3N4O4/c1-24(2,3)13-34(12-19(36)20-17(27)10-32-11-18(20)28)22(37)15-9-33-35(21(15)26(29,30)31)14-4-6-25(7-5-14)8-16(25)23(38)39/h9-11,14,16H,4-8,12-13H2,1-3H3,(H,38,39). The predicted octanol–water partition coefficient (Wildman–Crippen LogP) is 6.18. The van der Waals surface area contributed by atoms with Crippen LogP contribution >= 0.6 is 23.2 Å². The molecule has 2 aromatic rings. The molecule has 2 aromatic heterocycles. The Labute approximate surface area is 233 Å². The average molecular weight is 589 g/mol. The van der Waals surface area contributed by atoms with Crippen LogP contribution in [0.3, 0.4) is 0 Å². The number of aliphatic carboxylic acids is 1. The van der Waals surface area contributed by atoms with Gasteiger partial charge in [-0.3, -0.25) is 24.0 Å². The topological polar surface area (TPSA) is 105 Å². The van der Waals surface area contributed by atoms with Crippen molar-refractivity contribution in [1.82, 2.24) is 19.7 Å². The first kappa shape index (κ1) is 29.3. The van der Waals surface area contributed by atoms with Crippen molar-refractivity contribution in [2.24, 2.45) is 16.7 Å². The highest BCUT2D eigenvalue weighted by Crippen LogP contribution is 2.62. The minimum atomic E-state index is -4.89. The molecule has 1 amide bonds. The predicted molar refractivity (Wildman–Crippen MR) is 137 cm³/mol. The second-order valence-electron chi connectivity index (χ2n) is 11.7. The van der Waals surface area contributed by atoms with Gasteiger partial charge in [0.15, 0.2) is 11.5 Å². The highest BCUT2D eigenvalue weighted by molar-refractivity contribution is 6.39. The van der Waals surface area contributed by atoms with Crippen molar-refractivity contribution in [3.63, 3.8) is 0 Å². The summed E-state index contributed by atoms with van der Waals surface area (Å²) in [6.45, 7) is 4.79. The Morgan fingerprint density at radius 2 is 1.69 bits per heavy atom. The van der Waals surface area contributed by atoms with Gasteiger partial charge in [0.1, 0.15) is 0 Å². The minimum Gasteiger partial charge on any atom is -0.481 e. The molecule has 39 heavy (non-hydrogen) atoms. The van der Waals surface area contributed by atoms with Crippen LogP contribution in [0.15, 0.2) is 18.6 Å². The van der Waals surface area contributed by atoms with Crippen molar-refractivity contribution in [3.05, 3.63) is 45.5 Å². The molecule has 1 atom stereocenters. The molecule has 1 unspecified atom stereocenters. The Balaban J connectivity index is 1.63. The number of amides is 1. The number of alkyl halides is 3. The van der Waals surface area contributed by atoms with Crippen molar-refractivity contribution in [3.8, 4) is 0 Å². The first-order valence-electron chi connectivity index (χ1n) is 12.5. The fourth-order valence-corrected chi connectivity index (χ4v) is 6.20. The lowest BCUT2D eigenvalue weighted by molar-refractivity contribution is -0.145. The third kappa shape index (κ3) is 6.09. The van der Waals surface area contributed by atoms with Gasteiger partial charge in [0.25, 0.3) is 5.91 Å². The summed E-state index contributed by atoms with van der Waals surface area (Å²) < 4.78 is 44.1. The van der Waals surface area contributed by atoms with E-state index in [9.17, 15) is 32.7 Å². The van der Waals surface area contributed by atoms with E-state index in [-0.39, 0.29) is 27.6 Å². The van der Waals surface area contributed by atoms with Crippen molar-refractivity contribution >= 4 is 40.9 Å². The summed E-state index contributed by atoms with van der Waals surface area (Å²) in [4.78, 5) is 43.0. The molecule has 0 saturated heterocycles. The Morgan fingerprint density at radius 3 is 2.18 bits per heavy atom. The van der Waals surface area contributed by atoms with Gasteiger partial charge in [-0.05, 0) is 42.9 Å². The molecule has 1 N–H and O–H groups in total. The molecule has 0 aliphatic heterocycles. The Morgan fingerprint density at radius 1 is 1.10 bits per heavy atom. The van der Waals surface area contributed by atoms with Crippen molar-refractivity contribution < 1.29 is 32.7 Å². The van der Waals surface area contributed by atoms with Crippen LogP contribution < -0.4 is 0 Å². The molecule has 0 aromatic carbocycles. The molecule has 8 nitrogen and oxygen atoms in total. The molecular formula is C26H29Cl2F3N4O4. The van der Waals surface area contributed by atoms with Crippen LogP contribution in [0.1, 0.15) is 85.3 Å². The maximum atomic E-state index is 14.4. The molecule has 0 bridgehead atoms. The summed E-state index contributed by atoms with van der Waals surface area (Å²) in [5.74, 6) is -2.96. The van der Waals surface area contributed by atoms with Gasteiger partial charge in [0.2, 0.25) is 0 Å². The van der Waals surface area contributed by atoms with E-state index in [1.54, 1.807) is 20.8 Å². The minimum absolute atomic E-state index is 0.0249. The lowest BCUT2D eigenvalue weighted by Crippen LogP contribution is -2.42. The first-order valence-corrected chi connectivity index (χ1v) is 13.3. The van der Waals surface area contributed by atoms with Gasteiger partial charge in [-0.1, -0.05) is 44.0 Å². The smallest absolute Gasteiger partial charge is 0.433 e. The number of halogens is 5. The van der Waals surface area contributed by atoms with Gasteiger partial charge < -0.3 is 10.0 Å². The fourth-order valence-electron chi connectivity index (χ4n) is 5.62. The van der Waals surface area contributed by atoms with Gasteiger partial charge in [-0.2, -0.15) is 18.3 Å². The zero-order valence-electron chi connectivity index (χ0n) is 21.7. The van der Waals surface area contributed by atoms with Crippen molar-refractivity contribution in [2.45, 2.75) is 65.1 Å². The number of nitrogens with zero attached hydrogens (tertiary/aromatic N) is 4. The van der Waals surface area contributed by atoms with Gasteiger partial charge in [0.05, 0.1) is 45.9 Å². The zero-order chi connectivity index (χ0) is 28.9.